The van der Waals surface area contributed by atoms with E-state index < -0.39 is 11.6 Å². The zero-order valence-electron chi connectivity index (χ0n) is 15.5. The number of ether oxygens (including phenoxy) is 1. The third kappa shape index (κ3) is 4.22. The number of nitrogens with zero attached hydrogens (tertiary/aromatic N) is 1. The van der Waals surface area contributed by atoms with Gasteiger partial charge in [0.05, 0.1) is 6.10 Å². The number of para-hydroxylation sites is 1. The van der Waals surface area contributed by atoms with Crippen molar-refractivity contribution in [1.29, 1.82) is 0 Å². The van der Waals surface area contributed by atoms with E-state index in [4.69, 9.17) is 4.74 Å². The zero-order chi connectivity index (χ0) is 18.7. The largest absolute Gasteiger partial charge is 0.491 e. The molecule has 2 aromatic rings. The van der Waals surface area contributed by atoms with E-state index >= 15 is 0 Å². The van der Waals surface area contributed by atoms with Crippen LogP contribution in [0, 0.1) is 11.6 Å². The molecule has 2 atom stereocenters. The number of hydrogen-bond acceptors (Lipinski definition) is 3. The van der Waals surface area contributed by atoms with Crippen LogP contribution in [0.1, 0.15) is 44.0 Å². The minimum Gasteiger partial charge on any atom is -0.491 e. The lowest BCUT2D eigenvalue weighted by Crippen LogP contribution is -2.46. The highest BCUT2D eigenvalue weighted by Crippen LogP contribution is 2.31. The highest BCUT2D eigenvalue weighted by molar-refractivity contribution is 5.36. The van der Waals surface area contributed by atoms with Gasteiger partial charge in [0, 0.05) is 37.3 Å². The fourth-order valence-corrected chi connectivity index (χ4v) is 3.45. The summed E-state index contributed by atoms with van der Waals surface area (Å²) in [7, 11) is 0. The van der Waals surface area contributed by atoms with Crippen LogP contribution in [-0.4, -0.2) is 30.6 Å². The predicted octanol–water partition coefficient (Wildman–Crippen LogP) is 4.46. The van der Waals surface area contributed by atoms with Gasteiger partial charge in [0.15, 0.2) is 11.6 Å². The summed E-state index contributed by atoms with van der Waals surface area (Å²) in [4.78, 5) is 2.29. The molecule has 0 aromatic heterocycles. The van der Waals surface area contributed by atoms with Gasteiger partial charge in [-0.15, -0.1) is 0 Å². The highest BCUT2D eigenvalue weighted by atomic mass is 19.2. The monoisotopic (exact) mass is 360 g/mol. The Morgan fingerprint density at radius 3 is 2.58 bits per heavy atom. The van der Waals surface area contributed by atoms with Crippen LogP contribution in [0.4, 0.5) is 8.78 Å². The molecule has 0 radical (unpaired) electrons. The second-order valence-corrected chi connectivity index (χ2v) is 7.06. The maximum atomic E-state index is 13.6. The Labute approximate surface area is 154 Å². The van der Waals surface area contributed by atoms with Crippen LogP contribution in [0.5, 0.6) is 5.75 Å². The van der Waals surface area contributed by atoms with Crippen LogP contribution in [0.2, 0.25) is 0 Å². The average molecular weight is 360 g/mol. The van der Waals surface area contributed by atoms with Gasteiger partial charge in [0.1, 0.15) is 5.75 Å². The fourth-order valence-electron chi connectivity index (χ4n) is 3.45. The second-order valence-electron chi connectivity index (χ2n) is 7.06. The SMILES string of the molecule is CC(C)Oc1ccccc1[C@@H]1CN(C(C)c2ccc(F)c(F)c2)CCN1. The van der Waals surface area contributed by atoms with Gasteiger partial charge in [0.25, 0.3) is 0 Å². The molecule has 1 aliphatic rings. The number of rotatable bonds is 5. The zero-order valence-corrected chi connectivity index (χ0v) is 15.5. The van der Waals surface area contributed by atoms with Gasteiger partial charge in [0.2, 0.25) is 0 Å². The molecular formula is C21H26F2N2O. The van der Waals surface area contributed by atoms with Gasteiger partial charge in [-0.2, -0.15) is 0 Å². The quantitative estimate of drug-likeness (QED) is 0.852. The van der Waals surface area contributed by atoms with E-state index in [9.17, 15) is 8.78 Å². The van der Waals surface area contributed by atoms with Gasteiger partial charge in [-0.25, -0.2) is 8.78 Å². The highest BCUT2D eigenvalue weighted by Gasteiger charge is 2.27. The van der Waals surface area contributed by atoms with E-state index in [0.29, 0.717) is 0 Å². The Bertz CT molecular complexity index is 751. The van der Waals surface area contributed by atoms with Crippen molar-refractivity contribution in [3.8, 4) is 5.75 Å². The summed E-state index contributed by atoms with van der Waals surface area (Å²) in [6.07, 6.45) is 0.108. The third-order valence-corrected chi connectivity index (χ3v) is 4.84. The van der Waals surface area contributed by atoms with Crippen molar-refractivity contribution in [2.24, 2.45) is 0 Å². The van der Waals surface area contributed by atoms with Gasteiger partial charge >= 0.3 is 0 Å². The first-order valence-electron chi connectivity index (χ1n) is 9.13. The normalized spacial score (nSPS) is 19.5. The summed E-state index contributed by atoms with van der Waals surface area (Å²) in [5.74, 6) is -0.710. The molecule has 1 heterocycles. The van der Waals surface area contributed by atoms with Crippen molar-refractivity contribution >= 4 is 0 Å². The first-order valence-corrected chi connectivity index (χ1v) is 9.13. The Hall–Kier alpha value is -1.98. The number of hydrogen-bond donors (Lipinski definition) is 1. The smallest absolute Gasteiger partial charge is 0.159 e. The van der Waals surface area contributed by atoms with E-state index in [1.165, 1.54) is 12.1 Å². The molecule has 0 bridgehead atoms. The molecule has 26 heavy (non-hydrogen) atoms. The summed E-state index contributed by atoms with van der Waals surface area (Å²) in [5, 5.41) is 3.55. The molecule has 5 heteroatoms. The third-order valence-electron chi connectivity index (χ3n) is 4.84. The van der Waals surface area contributed by atoms with E-state index in [1.807, 2.05) is 39.0 Å². The summed E-state index contributed by atoms with van der Waals surface area (Å²) in [5.41, 5.74) is 1.92. The van der Waals surface area contributed by atoms with Gasteiger partial charge in [-0.05, 0) is 44.5 Å². The van der Waals surface area contributed by atoms with Crippen molar-refractivity contribution in [3.05, 3.63) is 65.2 Å². The topological polar surface area (TPSA) is 24.5 Å². The van der Waals surface area contributed by atoms with Crippen LogP contribution < -0.4 is 10.1 Å². The van der Waals surface area contributed by atoms with Crippen LogP contribution in [0.3, 0.4) is 0 Å². The maximum absolute atomic E-state index is 13.6. The van der Waals surface area contributed by atoms with Crippen molar-refractivity contribution in [3.63, 3.8) is 0 Å². The molecule has 1 N–H and O–H groups in total. The summed E-state index contributed by atoms with van der Waals surface area (Å²) >= 11 is 0. The lowest BCUT2D eigenvalue weighted by molar-refractivity contribution is 0.150. The van der Waals surface area contributed by atoms with E-state index in [0.717, 1.165) is 36.5 Å². The predicted molar refractivity (Wildman–Crippen MR) is 99.3 cm³/mol. The average Bonchev–Trinajstić information content (AvgIpc) is 2.63. The van der Waals surface area contributed by atoms with E-state index in [2.05, 4.69) is 16.3 Å². The summed E-state index contributed by atoms with van der Waals surface area (Å²) in [6.45, 7) is 8.52. The van der Waals surface area contributed by atoms with Crippen molar-refractivity contribution in [2.45, 2.75) is 39.0 Å². The molecule has 140 valence electrons. The minimum atomic E-state index is -0.807. The standard InChI is InChI=1S/C21H26F2N2O/c1-14(2)26-21-7-5-4-6-17(21)20-13-25(11-10-24-20)15(3)16-8-9-18(22)19(23)12-16/h4-9,12,14-15,20,24H,10-11,13H2,1-3H3/t15?,20-/m0/s1. The molecule has 0 spiro atoms. The lowest BCUT2D eigenvalue weighted by Gasteiger charge is -2.38. The number of halogens is 2. The molecule has 1 aliphatic heterocycles. The van der Waals surface area contributed by atoms with E-state index in [-0.39, 0.29) is 18.2 Å². The molecule has 3 rings (SSSR count). The second kappa shape index (κ2) is 8.14. The van der Waals surface area contributed by atoms with Crippen LogP contribution in [-0.2, 0) is 0 Å². The molecule has 0 aliphatic carbocycles. The van der Waals surface area contributed by atoms with Gasteiger partial charge in [-0.3, -0.25) is 4.90 Å². The number of benzene rings is 2. The molecule has 0 saturated carbocycles. The Kier molecular flexibility index (Phi) is 5.89. The number of piperazine rings is 1. The maximum Gasteiger partial charge on any atom is 0.159 e. The Morgan fingerprint density at radius 1 is 1.08 bits per heavy atom. The molecule has 2 aromatic carbocycles. The Balaban J connectivity index is 1.78. The minimum absolute atomic E-state index is 0.00730. The lowest BCUT2D eigenvalue weighted by atomic mass is 10.00. The van der Waals surface area contributed by atoms with Crippen molar-refractivity contribution in [1.82, 2.24) is 10.2 Å². The molecule has 0 amide bonds. The molecule has 1 fully saturated rings. The van der Waals surface area contributed by atoms with E-state index in [1.54, 1.807) is 6.07 Å². The van der Waals surface area contributed by atoms with Gasteiger partial charge in [-0.1, -0.05) is 24.3 Å². The summed E-state index contributed by atoms with van der Waals surface area (Å²) < 4.78 is 32.8. The van der Waals surface area contributed by atoms with Crippen LogP contribution >= 0.6 is 0 Å². The first kappa shape index (κ1) is 18.8. The van der Waals surface area contributed by atoms with Crippen LogP contribution in [0.15, 0.2) is 42.5 Å². The Morgan fingerprint density at radius 2 is 1.85 bits per heavy atom. The van der Waals surface area contributed by atoms with Crippen LogP contribution in [0.25, 0.3) is 0 Å². The summed E-state index contributed by atoms with van der Waals surface area (Å²) in [6, 6.07) is 12.4. The van der Waals surface area contributed by atoms with Crippen molar-refractivity contribution < 1.29 is 13.5 Å². The first-order chi connectivity index (χ1) is 12.5. The van der Waals surface area contributed by atoms with Crippen molar-refractivity contribution in [2.75, 3.05) is 19.6 Å². The molecule has 3 nitrogen and oxygen atoms in total. The molecular weight excluding hydrogens is 334 g/mol. The fraction of sp³-hybridized carbons (Fsp3) is 0.429. The molecule has 1 unspecified atom stereocenters. The molecule has 1 saturated heterocycles. The number of nitrogens with one attached hydrogen (secondary N) is 1. The van der Waals surface area contributed by atoms with Gasteiger partial charge < -0.3 is 10.1 Å².